The fourth-order valence-corrected chi connectivity index (χ4v) is 6.59. The maximum absolute atomic E-state index is 13.2. The summed E-state index contributed by atoms with van der Waals surface area (Å²) in [5.74, 6) is 0.418. The first-order valence-electron chi connectivity index (χ1n) is 12.0. The van der Waals surface area contributed by atoms with Crippen LogP contribution in [0.4, 0.5) is 0 Å². The molecule has 3 N–H and O–H groups in total. The number of benzene rings is 2. The summed E-state index contributed by atoms with van der Waals surface area (Å²) >= 11 is 4.32. The van der Waals surface area contributed by atoms with Gasteiger partial charge in [-0.2, -0.15) is 23.5 Å². The normalized spacial score (nSPS) is 21.1. The molecular formula is C27H28N4O4S3. The van der Waals surface area contributed by atoms with Crippen LogP contribution in [0.5, 0.6) is 0 Å². The topological polar surface area (TPSA) is 117 Å². The van der Waals surface area contributed by atoms with E-state index in [1.165, 1.54) is 23.1 Å². The van der Waals surface area contributed by atoms with Crippen molar-refractivity contribution in [2.75, 3.05) is 11.5 Å². The monoisotopic (exact) mass is 568 g/mol. The molecule has 38 heavy (non-hydrogen) atoms. The van der Waals surface area contributed by atoms with Gasteiger partial charge in [-0.3, -0.25) is 19.2 Å². The summed E-state index contributed by atoms with van der Waals surface area (Å²) < 4.78 is 0. The number of thiazole rings is 1. The van der Waals surface area contributed by atoms with Gasteiger partial charge in [-0.05, 0) is 30.2 Å². The zero-order valence-corrected chi connectivity index (χ0v) is 23.2. The highest BCUT2D eigenvalue weighted by Gasteiger charge is 2.29. The number of Topliss-reactive ketones (excluding diaryl/α,β-unsaturated/α-hetero) is 1. The van der Waals surface area contributed by atoms with Crippen molar-refractivity contribution in [2.24, 2.45) is 0 Å². The first kappa shape index (κ1) is 27.9. The molecule has 0 saturated carbocycles. The zero-order chi connectivity index (χ0) is 26.9. The average Bonchev–Trinajstić information content (AvgIpc) is 3.47. The Kier molecular flexibility index (Phi) is 9.97. The van der Waals surface area contributed by atoms with E-state index in [0.29, 0.717) is 33.6 Å². The van der Waals surface area contributed by atoms with Crippen LogP contribution in [0.25, 0.3) is 0 Å². The second-order valence-electron chi connectivity index (χ2n) is 8.68. The SMILES string of the molecule is C[C@@H]1NC(=O)C(NC(=O)c2ccccc2)CSCc2ccccc2CSCC(C(=O)c2nccs2)NC1=O. The lowest BCUT2D eigenvalue weighted by atomic mass is 10.1. The summed E-state index contributed by atoms with van der Waals surface area (Å²) in [4.78, 5) is 56.3. The second-order valence-corrected chi connectivity index (χ2v) is 11.6. The van der Waals surface area contributed by atoms with Gasteiger partial charge < -0.3 is 16.0 Å². The van der Waals surface area contributed by atoms with Gasteiger partial charge in [-0.1, -0.05) is 42.5 Å². The van der Waals surface area contributed by atoms with Crippen molar-refractivity contribution in [1.82, 2.24) is 20.9 Å². The highest BCUT2D eigenvalue weighted by molar-refractivity contribution is 7.98. The third kappa shape index (κ3) is 7.46. The number of thioether (sulfide) groups is 2. The van der Waals surface area contributed by atoms with Crippen molar-refractivity contribution in [3.05, 3.63) is 87.9 Å². The van der Waals surface area contributed by atoms with Crippen LogP contribution in [0.15, 0.2) is 66.2 Å². The zero-order valence-electron chi connectivity index (χ0n) is 20.7. The molecule has 1 aliphatic rings. The van der Waals surface area contributed by atoms with Gasteiger partial charge in [0.2, 0.25) is 17.6 Å². The van der Waals surface area contributed by atoms with E-state index in [-0.39, 0.29) is 11.7 Å². The summed E-state index contributed by atoms with van der Waals surface area (Å²) in [6.07, 6.45) is 1.56. The summed E-state index contributed by atoms with van der Waals surface area (Å²) in [5.41, 5.74) is 2.68. The maximum Gasteiger partial charge on any atom is 0.251 e. The van der Waals surface area contributed by atoms with Crippen LogP contribution < -0.4 is 16.0 Å². The van der Waals surface area contributed by atoms with Crippen molar-refractivity contribution in [3.63, 3.8) is 0 Å². The van der Waals surface area contributed by atoms with Gasteiger partial charge in [0.25, 0.3) is 5.91 Å². The van der Waals surface area contributed by atoms with Crippen LogP contribution in [0.3, 0.4) is 0 Å². The highest BCUT2D eigenvalue weighted by atomic mass is 32.2. The Morgan fingerprint density at radius 2 is 1.55 bits per heavy atom. The molecule has 3 atom stereocenters. The lowest BCUT2D eigenvalue weighted by molar-refractivity contribution is -0.129. The molecule has 198 valence electrons. The molecule has 0 bridgehead atoms. The molecule has 1 aromatic heterocycles. The molecule has 1 aliphatic heterocycles. The van der Waals surface area contributed by atoms with Crippen molar-refractivity contribution in [2.45, 2.75) is 36.6 Å². The van der Waals surface area contributed by atoms with E-state index in [4.69, 9.17) is 0 Å². The van der Waals surface area contributed by atoms with E-state index in [0.717, 1.165) is 11.1 Å². The summed E-state index contributed by atoms with van der Waals surface area (Å²) in [6.45, 7) is 1.56. The Bertz CT molecular complexity index is 1270. The molecule has 2 heterocycles. The molecule has 0 spiro atoms. The Morgan fingerprint density at radius 3 is 2.21 bits per heavy atom. The number of carbonyl (C=O) groups is 4. The molecule has 4 rings (SSSR count). The Hall–Kier alpha value is -3.15. The van der Waals surface area contributed by atoms with Crippen molar-refractivity contribution in [3.8, 4) is 0 Å². The maximum atomic E-state index is 13.2. The smallest absolute Gasteiger partial charge is 0.251 e. The molecule has 11 heteroatoms. The minimum absolute atomic E-state index is 0.263. The number of nitrogens with one attached hydrogen (secondary N) is 3. The molecule has 3 aromatic rings. The second kappa shape index (κ2) is 13.6. The number of ketones is 1. The summed E-state index contributed by atoms with van der Waals surface area (Å²) in [6, 6.07) is 14.1. The number of nitrogens with zero attached hydrogens (tertiary/aromatic N) is 1. The molecule has 0 fully saturated rings. The predicted molar refractivity (Wildman–Crippen MR) is 152 cm³/mol. The first-order valence-corrected chi connectivity index (χ1v) is 15.2. The number of fused-ring (bicyclic) bond motifs is 1. The highest BCUT2D eigenvalue weighted by Crippen LogP contribution is 2.23. The summed E-state index contributed by atoms with van der Waals surface area (Å²) in [7, 11) is 0. The first-order chi connectivity index (χ1) is 18.4. The van der Waals surface area contributed by atoms with Gasteiger partial charge in [0.1, 0.15) is 18.1 Å². The third-order valence-electron chi connectivity index (χ3n) is 5.89. The largest absolute Gasteiger partial charge is 0.343 e. The van der Waals surface area contributed by atoms with Crippen molar-refractivity contribution in [1.29, 1.82) is 0 Å². The molecule has 8 nitrogen and oxygen atoms in total. The fraction of sp³-hybridized carbons (Fsp3) is 0.296. The minimum Gasteiger partial charge on any atom is -0.343 e. The standard InChI is InChI=1S/C27H28N4O4S3/c1-17-24(33)30-21(23(32)27-28-11-12-38-27)15-36-13-19-9-5-6-10-20(19)14-37-16-22(26(35)29-17)31-25(34)18-7-3-2-4-8-18/h2-12,17,21-22H,13-16H2,1H3,(H,29,35)(H,30,33)(H,31,34)/t17-,21?,22?/m0/s1. The molecule has 3 amide bonds. The van der Waals surface area contributed by atoms with E-state index in [1.807, 2.05) is 30.3 Å². The number of amides is 3. The number of hydrogen-bond donors (Lipinski definition) is 3. The van der Waals surface area contributed by atoms with Crippen LogP contribution in [-0.4, -0.2) is 58.1 Å². The molecule has 0 aliphatic carbocycles. The van der Waals surface area contributed by atoms with E-state index in [9.17, 15) is 19.2 Å². The van der Waals surface area contributed by atoms with E-state index in [1.54, 1.807) is 54.5 Å². The number of aromatic nitrogens is 1. The average molecular weight is 569 g/mol. The van der Waals surface area contributed by atoms with Gasteiger partial charge in [0.15, 0.2) is 5.01 Å². The Balaban J connectivity index is 1.56. The molecule has 0 saturated heterocycles. The van der Waals surface area contributed by atoms with Gasteiger partial charge >= 0.3 is 0 Å². The lowest BCUT2D eigenvalue weighted by Crippen LogP contribution is -2.55. The van der Waals surface area contributed by atoms with Crippen molar-refractivity contribution < 1.29 is 19.2 Å². The van der Waals surface area contributed by atoms with Gasteiger partial charge in [-0.25, -0.2) is 4.98 Å². The van der Waals surface area contributed by atoms with Crippen LogP contribution in [-0.2, 0) is 21.1 Å². The fourth-order valence-electron chi connectivity index (χ4n) is 3.78. The number of carbonyl (C=O) groups excluding carboxylic acids is 4. The van der Waals surface area contributed by atoms with Crippen LogP contribution in [0.1, 0.15) is 38.2 Å². The van der Waals surface area contributed by atoms with Crippen LogP contribution >= 0.6 is 34.9 Å². The van der Waals surface area contributed by atoms with E-state index < -0.39 is 29.9 Å². The predicted octanol–water partition coefficient (Wildman–Crippen LogP) is 3.29. The molecular weight excluding hydrogens is 541 g/mol. The van der Waals surface area contributed by atoms with E-state index in [2.05, 4.69) is 20.9 Å². The third-order valence-corrected chi connectivity index (χ3v) is 8.84. The van der Waals surface area contributed by atoms with E-state index >= 15 is 0 Å². The number of rotatable bonds is 4. The van der Waals surface area contributed by atoms with Gasteiger partial charge in [0, 0.05) is 40.2 Å². The molecule has 0 radical (unpaired) electrons. The van der Waals surface area contributed by atoms with Gasteiger partial charge in [-0.15, -0.1) is 11.3 Å². The molecule has 2 unspecified atom stereocenters. The number of hydrogen-bond acceptors (Lipinski definition) is 8. The summed E-state index contributed by atoms with van der Waals surface area (Å²) in [5, 5.41) is 10.4. The molecule has 2 aromatic carbocycles. The van der Waals surface area contributed by atoms with Crippen LogP contribution in [0.2, 0.25) is 0 Å². The Labute approximate surface area is 233 Å². The van der Waals surface area contributed by atoms with Crippen molar-refractivity contribution >= 4 is 58.4 Å². The Morgan fingerprint density at radius 1 is 0.895 bits per heavy atom. The van der Waals surface area contributed by atoms with Crippen LogP contribution in [0, 0.1) is 0 Å². The lowest BCUT2D eigenvalue weighted by Gasteiger charge is -2.22. The van der Waals surface area contributed by atoms with Gasteiger partial charge in [0.05, 0.1) is 0 Å². The quantitative estimate of drug-likeness (QED) is 0.414. The minimum atomic E-state index is -0.914.